The fraction of sp³-hybridized carbons (Fsp3) is 0.556. The van der Waals surface area contributed by atoms with Gasteiger partial charge in [-0.2, -0.15) is 13.8 Å². The van der Waals surface area contributed by atoms with E-state index in [4.69, 9.17) is 4.74 Å². The molecule has 0 radical (unpaired) electrons. The second-order valence-corrected chi connectivity index (χ2v) is 4.77. The van der Waals surface area contributed by atoms with Crippen molar-refractivity contribution in [3.63, 3.8) is 0 Å². The minimum Gasteiger partial charge on any atom is -0.387 e. The number of hydrogen-bond acceptors (Lipinski definition) is 10. The van der Waals surface area contributed by atoms with Gasteiger partial charge in [-0.25, -0.2) is 4.79 Å². The van der Waals surface area contributed by atoms with Crippen LogP contribution < -0.4 is 11.2 Å². The molecular formula is C9H10Br2N2O10. The Hall–Kier alpha value is -0.680. The predicted octanol–water partition coefficient (Wildman–Crippen LogP) is -1.07. The third-order valence-corrected chi connectivity index (χ3v) is 3.22. The number of aromatic amines is 1. The molecule has 1 unspecified atom stereocenters. The van der Waals surface area contributed by atoms with Crippen LogP contribution in [-0.4, -0.2) is 44.4 Å². The maximum atomic E-state index is 11.7. The summed E-state index contributed by atoms with van der Waals surface area (Å²) in [5, 5.41) is 24.2. The molecule has 0 aliphatic carbocycles. The Morgan fingerprint density at radius 3 is 2.57 bits per heavy atom. The summed E-state index contributed by atoms with van der Waals surface area (Å²) in [4.78, 5) is 34.0. The summed E-state index contributed by atoms with van der Waals surface area (Å²) in [6, 6.07) is 1.05. The summed E-state index contributed by atoms with van der Waals surface area (Å²) in [5.41, 5.74) is -1.47. The van der Waals surface area contributed by atoms with Crippen LogP contribution in [0.15, 0.2) is 21.9 Å². The second-order valence-electron chi connectivity index (χ2n) is 4.24. The Morgan fingerprint density at radius 2 is 1.96 bits per heavy atom. The molecular weight excluding hydrogens is 456 g/mol. The van der Waals surface area contributed by atoms with Crippen molar-refractivity contribution >= 4 is 32.5 Å². The van der Waals surface area contributed by atoms with Gasteiger partial charge in [0.1, 0.15) is 50.8 Å². The predicted molar refractivity (Wildman–Crippen MR) is 74.3 cm³/mol. The molecule has 0 spiro atoms. The molecule has 0 amide bonds. The molecule has 0 aromatic carbocycles. The number of hydrogen-bond donors (Lipinski definition) is 3. The zero-order valence-corrected chi connectivity index (χ0v) is 14.1. The van der Waals surface area contributed by atoms with Gasteiger partial charge in [-0.15, -0.1) is 3.98 Å². The van der Waals surface area contributed by atoms with E-state index in [0.717, 1.165) is 16.8 Å². The van der Waals surface area contributed by atoms with Gasteiger partial charge in [-0.3, -0.25) is 14.3 Å². The van der Waals surface area contributed by atoms with Crippen molar-refractivity contribution in [2.45, 2.75) is 30.8 Å². The maximum Gasteiger partial charge on any atom is 0.330 e. The quantitative estimate of drug-likeness (QED) is 0.258. The summed E-state index contributed by atoms with van der Waals surface area (Å²) in [5.74, 6) is 0. The van der Waals surface area contributed by atoms with Crippen LogP contribution in [0.4, 0.5) is 0 Å². The van der Waals surface area contributed by atoms with E-state index >= 15 is 0 Å². The van der Waals surface area contributed by atoms with Gasteiger partial charge in [0.05, 0.1) is 0 Å². The highest BCUT2D eigenvalue weighted by atomic mass is 79.9. The Labute approximate surface area is 144 Å². The first-order valence-electron chi connectivity index (χ1n) is 5.87. The Morgan fingerprint density at radius 1 is 1.22 bits per heavy atom. The van der Waals surface area contributed by atoms with Crippen LogP contribution in [0.25, 0.3) is 0 Å². The summed E-state index contributed by atoms with van der Waals surface area (Å²) in [6.45, 7) is 0. The molecule has 1 aliphatic heterocycles. The van der Waals surface area contributed by atoms with Gasteiger partial charge in [-0.1, -0.05) is 5.04 Å². The number of aromatic nitrogens is 2. The molecule has 12 nitrogen and oxygen atoms in total. The number of nitrogens with zero attached hydrogens (tertiary/aromatic N) is 1. The molecule has 23 heavy (non-hydrogen) atoms. The van der Waals surface area contributed by atoms with Crippen molar-refractivity contribution in [1.29, 1.82) is 0 Å². The Balaban J connectivity index is 2.22. The summed E-state index contributed by atoms with van der Waals surface area (Å²) in [6.07, 6.45) is -6.17. The van der Waals surface area contributed by atoms with Gasteiger partial charge in [0.15, 0.2) is 6.23 Å². The summed E-state index contributed by atoms with van der Waals surface area (Å²) >= 11 is 4.94. The number of aliphatic hydroxyl groups excluding tert-OH is 2. The van der Waals surface area contributed by atoms with Crippen LogP contribution >= 0.6 is 32.5 Å². The van der Waals surface area contributed by atoms with E-state index in [1.54, 1.807) is 0 Å². The van der Waals surface area contributed by atoms with Gasteiger partial charge in [0, 0.05) is 12.3 Å². The average molecular weight is 466 g/mol. The highest BCUT2D eigenvalue weighted by molar-refractivity contribution is 9.06. The van der Waals surface area contributed by atoms with Crippen molar-refractivity contribution in [2.75, 3.05) is 0 Å². The van der Waals surface area contributed by atoms with E-state index in [-0.39, 0.29) is 0 Å². The number of halogens is 2. The molecule has 14 heteroatoms. The number of nitrogens with one attached hydrogen (secondary N) is 1. The molecule has 1 aromatic rings. The van der Waals surface area contributed by atoms with Crippen molar-refractivity contribution in [2.24, 2.45) is 0 Å². The number of ether oxygens (including phenoxy) is 1. The highest BCUT2D eigenvalue weighted by Crippen LogP contribution is 2.31. The van der Waals surface area contributed by atoms with Gasteiger partial charge in [0.25, 0.3) is 11.8 Å². The third kappa shape index (κ3) is 4.24. The SMILES string of the molecule is O=c1ccn([C@@H]2O[C@H](C(OOBr)OOOBr)[C@@H](O)[C@H]2O)c(=O)[nH]1. The minimum absolute atomic E-state index is 0.629. The highest BCUT2D eigenvalue weighted by Gasteiger charge is 2.49. The van der Waals surface area contributed by atoms with Crippen LogP contribution in [0.3, 0.4) is 0 Å². The normalized spacial score (nSPS) is 28.9. The van der Waals surface area contributed by atoms with Crippen molar-refractivity contribution in [3.8, 4) is 0 Å². The number of aliphatic hydroxyl groups is 2. The smallest absolute Gasteiger partial charge is 0.330 e. The third-order valence-electron chi connectivity index (χ3n) is 2.96. The molecule has 3 N–H and O–H groups in total. The molecule has 0 bridgehead atoms. The topological polar surface area (TPSA) is 151 Å². The maximum absolute atomic E-state index is 11.7. The Kier molecular flexibility index (Phi) is 6.84. The van der Waals surface area contributed by atoms with Crippen molar-refractivity contribution in [1.82, 2.24) is 9.55 Å². The van der Waals surface area contributed by atoms with Crippen molar-refractivity contribution < 1.29 is 37.7 Å². The first kappa shape index (κ1) is 18.7. The van der Waals surface area contributed by atoms with Gasteiger partial charge in [-0.05, 0) is 0 Å². The number of rotatable bonds is 7. The van der Waals surface area contributed by atoms with E-state index in [2.05, 4.69) is 55.3 Å². The lowest BCUT2D eigenvalue weighted by atomic mass is 10.1. The molecule has 130 valence electrons. The molecule has 2 heterocycles. The summed E-state index contributed by atoms with van der Waals surface area (Å²) < 4.78 is 14.5. The van der Waals surface area contributed by atoms with Crippen LogP contribution in [0.1, 0.15) is 6.23 Å². The van der Waals surface area contributed by atoms with Crippen LogP contribution in [-0.2, 0) is 27.5 Å². The molecule has 5 atom stereocenters. The molecule has 1 saturated heterocycles. The molecule has 0 saturated carbocycles. The van der Waals surface area contributed by atoms with E-state index in [0.29, 0.717) is 0 Å². The minimum atomic E-state index is -1.55. The molecule has 2 rings (SSSR count). The monoisotopic (exact) mass is 464 g/mol. The lowest BCUT2D eigenvalue weighted by molar-refractivity contribution is -0.533. The molecule has 1 aromatic heterocycles. The van der Waals surface area contributed by atoms with Gasteiger partial charge >= 0.3 is 5.69 Å². The number of H-pyrrole nitrogens is 1. The van der Waals surface area contributed by atoms with Gasteiger partial charge in [0.2, 0.25) is 0 Å². The zero-order valence-electron chi connectivity index (χ0n) is 10.9. The zero-order chi connectivity index (χ0) is 17.0. The second kappa shape index (κ2) is 8.43. The van der Waals surface area contributed by atoms with E-state index in [1.165, 1.54) is 0 Å². The molecule has 1 fully saturated rings. The Bertz CT molecular complexity index is 623. The van der Waals surface area contributed by atoms with E-state index < -0.39 is 42.1 Å². The first-order chi connectivity index (χ1) is 11.0. The lowest BCUT2D eigenvalue weighted by Gasteiger charge is -2.21. The van der Waals surface area contributed by atoms with E-state index in [9.17, 15) is 19.8 Å². The largest absolute Gasteiger partial charge is 0.387 e. The van der Waals surface area contributed by atoms with Crippen LogP contribution in [0.2, 0.25) is 0 Å². The average Bonchev–Trinajstić information content (AvgIpc) is 2.80. The molecule has 1 aliphatic rings. The fourth-order valence-electron chi connectivity index (χ4n) is 1.98. The summed E-state index contributed by atoms with van der Waals surface area (Å²) in [7, 11) is 0. The fourth-order valence-corrected chi connectivity index (χ4v) is 2.20. The standard InChI is InChI=1S/C9H10Br2N2O10/c10-21-19-8(20-23-22-11)6-4(15)5(16)7(18-6)13-2-1-3(14)12-9(13)17/h1-2,4-8,15-16H,(H,12,14,17)/t4-,5+,6-,7+,8?/m0/s1. The van der Waals surface area contributed by atoms with Crippen molar-refractivity contribution in [3.05, 3.63) is 33.1 Å². The first-order valence-corrected chi connectivity index (χ1v) is 7.17. The lowest BCUT2D eigenvalue weighted by Crippen LogP contribution is -2.41. The van der Waals surface area contributed by atoms with Crippen LogP contribution in [0, 0.1) is 0 Å². The van der Waals surface area contributed by atoms with E-state index in [1.807, 2.05) is 4.98 Å². The van der Waals surface area contributed by atoms with Gasteiger partial charge < -0.3 is 14.9 Å². The van der Waals surface area contributed by atoms with Crippen LogP contribution in [0.5, 0.6) is 0 Å².